The van der Waals surface area contributed by atoms with E-state index in [-0.39, 0.29) is 30.4 Å². The minimum absolute atomic E-state index is 0.0669. The summed E-state index contributed by atoms with van der Waals surface area (Å²) in [6.07, 6.45) is 1.17. The maximum Gasteiger partial charge on any atom is 0.245 e. The van der Waals surface area contributed by atoms with E-state index in [9.17, 15) is 21.6 Å². The van der Waals surface area contributed by atoms with Gasteiger partial charge < -0.3 is 4.90 Å². The first-order valence-electron chi connectivity index (χ1n) is 9.83. The number of benzene rings is 1. The molecule has 1 aromatic carbocycles. The number of aromatic nitrogens is 2. The lowest BCUT2D eigenvalue weighted by Gasteiger charge is -2.37. The average molecular weight is 489 g/mol. The second kappa shape index (κ2) is 8.67. The molecule has 0 unspecified atom stereocenters. The van der Waals surface area contributed by atoms with Crippen molar-refractivity contribution in [2.45, 2.75) is 4.90 Å². The summed E-state index contributed by atoms with van der Waals surface area (Å²) in [7, 11) is -6.94. The number of amides is 1. The van der Waals surface area contributed by atoms with E-state index in [1.165, 1.54) is 14.9 Å². The fraction of sp³-hybridized carbons (Fsp3) is 0.588. The molecule has 4 rings (SSSR count). The van der Waals surface area contributed by atoms with Crippen LogP contribution in [0.1, 0.15) is 0 Å². The van der Waals surface area contributed by atoms with Gasteiger partial charge in [0.05, 0.1) is 24.5 Å². The summed E-state index contributed by atoms with van der Waals surface area (Å²) in [5, 5.41) is 0. The van der Waals surface area contributed by atoms with Gasteiger partial charge in [-0.15, -0.1) is 0 Å². The highest BCUT2D eigenvalue weighted by atomic mass is 32.2. The quantitative estimate of drug-likeness (QED) is 0.531. The minimum Gasteiger partial charge on any atom is -0.339 e. The van der Waals surface area contributed by atoms with Gasteiger partial charge in [-0.05, 0) is 12.1 Å². The fourth-order valence-electron chi connectivity index (χ4n) is 3.82. The lowest BCUT2D eigenvalue weighted by molar-refractivity contribution is -0.133. The van der Waals surface area contributed by atoms with Crippen LogP contribution in [0, 0.1) is 0 Å². The van der Waals surface area contributed by atoms with Gasteiger partial charge in [-0.2, -0.15) is 17.4 Å². The summed E-state index contributed by atoms with van der Waals surface area (Å²) >= 11 is 0.982. The third kappa shape index (κ3) is 4.73. The van der Waals surface area contributed by atoms with Crippen LogP contribution in [0.4, 0.5) is 0 Å². The number of piperazine rings is 2. The summed E-state index contributed by atoms with van der Waals surface area (Å²) in [5.41, 5.74) is 0.949. The molecule has 1 amide bonds. The molecule has 11 nitrogen and oxygen atoms in total. The summed E-state index contributed by atoms with van der Waals surface area (Å²) in [4.78, 5) is 16.4. The topological polar surface area (TPSA) is 124 Å². The van der Waals surface area contributed by atoms with Gasteiger partial charge in [0, 0.05) is 52.4 Å². The average Bonchev–Trinajstić information content (AvgIpc) is 3.22. The van der Waals surface area contributed by atoms with E-state index in [2.05, 4.69) is 8.75 Å². The Balaban J connectivity index is 1.33. The fourth-order valence-corrected chi connectivity index (χ4v) is 6.82. The maximum absolute atomic E-state index is 13.1. The van der Waals surface area contributed by atoms with Gasteiger partial charge in [0.2, 0.25) is 26.0 Å². The van der Waals surface area contributed by atoms with Gasteiger partial charge in [0.1, 0.15) is 15.9 Å². The van der Waals surface area contributed by atoms with E-state index in [0.29, 0.717) is 50.3 Å². The van der Waals surface area contributed by atoms with Gasteiger partial charge in [-0.3, -0.25) is 9.69 Å². The number of fused-ring (bicyclic) bond motifs is 1. The van der Waals surface area contributed by atoms with E-state index < -0.39 is 20.0 Å². The van der Waals surface area contributed by atoms with Crippen LogP contribution in [0.15, 0.2) is 23.1 Å². The molecule has 0 atom stereocenters. The van der Waals surface area contributed by atoms with Crippen LogP contribution in [-0.4, -0.2) is 115 Å². The molecule has 2 aromatic rings. The number of sulfonamides is 2. The molecule has 2 saturated heterocycles. The van der Waals surface area contributed by atoms with Crippen LogP contribution < -0.4 is 0 Å². The minimum atomic E-state index is -3.70. The van der Waals surface area contributed by atoms with Crippen molar-refractivity contribution in [2.75, 3.05) is 65.2 Å². The summed E-state index contributed by atoms with van der Waals surface area (Å²) in [6, 6.07) is 4.94. The molecule has 2 aliphatic rings. The zero-order valence-electron chi connectivity index (χ0n) is 17.0. The molecular formula is C17H24N6O5S3. The van der Waals surface area contributed by atoms with Crippen LogP contribution >= 0.6 is 11.7 Å². The van der Waals surface area contributed by atoms with Gasteiger partial charge in [-0.1, -0.05) is 6.07 Å². The van der Waals surface area contributed by atoms with Gasteiger partial charge in [0.15, 0.2) is 0 Å². The summed E-state index contributed by atoms with van der Waals surface area (Å²) in [6.45, 7) is 2.98. The molecule has 3 heterocycles. The van der Waals surface area contributed by atoms with Crippen molar-refractivity contribution in [1.82, 2.24) is 27.2 Å². The molecule has 0 spiro atoms. The van der Waals surface area contributed by atoms with Crippen molar-refractivity contribution < 1.29 is 21.6 Å². The molecule has 0 aliphatic carbocycles. The monoisotopic (exact) mass is 488 g/mol. The number of hydrogen-bond acceptors (Lipinski definition) is 9. The molecule has 0 radical (unpaired) electrons. The molecule has 0 saturated carbocycles. The van der Waals surface area contributed by atoms with Crippen LogP contribution in [0.2, 0.25) is 0 Å². The van der Waals surface area contributed by atoms with Gasteiger partial charge in [0.25, 0.3) is 0 Å². The maximum atomic E-state index is 13.1. The second-order valence-corrected chi connectivity index (χ2v) is 12.0. The number of hydrogen-bond donors (Lipinski definition) is 0. The smallest absolute Gasteiger partial charge is 0.245 e. The molecule has 1 aromatic heterocycles. The Hall–Kier alpha value is -1.71. The zero-order chi connectivity index (χ0) is 22.2. The Morgan fingerprint density at radius 2 is 1.58 bits per heavy atom. The van der Waals surface area contributed by atoms with Gasteiger partial charge >= 0.3 is 0 Å². The van der Waals surface area contributed by atoms with Crippen LogP contribution in [0.5, 0.6) is 0 Å². The molecule has 2 fully saturated rings. The van der Waals surface area contributed by atoms with E-state index in [1.807, 2.05) is 4.90 Å². The van der Waals surface area contributed by atoms with Crippen LogP contribution in [0.3, 0.4) is 0 Å². The third-order valence-electron chi connectivity index (χ3n) is 5.62. The highest BCUT2D eigenvalue weighted by Gasteiger charge is 2.32. The van der Waals surface area contributed by atoms with Crippen molar-refractivity contribution in [3.63, 3.8) is 0 Å². The Morgan fingerprint density at radius 1 is 0.935 bits per heavy atom. The first-order chi connectivity index (χ1) is 14.7. The molecule has 2 aliphatic heterocycles. The first-order valence-corrected chi connectivity index (χ1v) is 13.8. The lowest BCUT2D eigenvalue weighted by Crippen LogP contribution is -2.54. The summed E-state index contributed by atoms with van der Waals surface area (Å²) in [5.74, 6) is -0.0669. The molecule has 0 N–H and O–H groups in total. The van der Waals surface area contributed by atoms with Crippen molar-refractivity contribution in [3.8, 4) is 0 Å². The van der Waals surface area contributed by atoms with E-state index in [0.717, 1.165) is 11.7 Å². The van der Waals surface area contributed by atoms with Crippen molar-refractivity contribution in [3.05, 3.63) is 18.2 Å². The second-order valence-electron chi connectivity index (χ2n) is 7.61. The molecule has 14 heteroatoms. The molecular weight excluding hydrogens is 464 g/mol. The van der Waals surface area contributed by atoms with Gasteiger partial charge in [-0.25, -0.2) is 16.8 Å². The van der Waals surface area contributed by atoms with E-state index in [1.54, 1.807) is 23.1 Å². The molecule has 31 heavy (non-hydrogen) atoms. The van der Waals surface area contributed by atoms with Crippen molar-refractivity contribution >= 4 is 48.7 Å². The van der Waals surface area contributed by atoms with E-state index >= 15 is 0 Å². The number of carbonyl (C=O) groups excluding carboxylic acids is 1. The Morgan fingerprint density at radius 3 is 2.23 bits per heavy atom. The molecule has 0 bridgehead atoms. The largest absolute Gasteiger partial charge is 0.339 e. The lowest BCUT2D eigenvalue weighted by atomic mass is 10.3. The third-order valence-corrected chi connectivity index (χ3v) is 9.39. The summed E-state index contributed by atoms with van der Waals surface area (Å²) < 4.78 is 60.4. The SMILES string of the molecule is CS(=O)(=O)N1CCN(C(=O)CN2CCN(S(=O)(=O)c3cccc4nsnc34)CC2)CC1. The zero-order valence-corrected chi connectivity index (χ0v) is 19.5. The normalized spacial score (nSPS) is 20.4. The standard InChI is InChI=1S/C17H24N6O5S3/c1-30(25,26)22-11-7-21(8-12-22)16(24)13-20-5-9-23(10-6-20)31(27,28)15-4-2-3-14-17(15)19-29-18-14/h2-4H,5-13H2,1H3. The molecule has 170 valence electrons. The van der Waals surface area contributed by atoms with Crippen LogP contribution in [0.25, 0.3) is 11.0 Å². The number of rotatable bonds is 5. The predicted molar refractivity (Wildman–Crippen MR) is 116 cm³/mol. The first kappa shape index (κ1) is 22.5. The van der Waals surface area contributed by atoms with E-state index in [4.69, 9.17) is 0 Å². The predicted octanol–water partition coefficient (Wildman–Crippen LogP) is -0.899. The van der Waals surface area contributed by atoms with Crippen molar-refractivity contribution in [2.24, 2.45) is 0 Å². The Kier molecular flexibility index (Phi) is 6.29. The number of nitrogens with zero attached hydrogens (tertiary/aromatic N) is 6. The Bertz CT molecular complexity index is 1170. The Labute approximate surface area is 185 Å². The van der Waals surface area contributed by atoms with Crippen molar-refractivity contribution in [1.29, 1.82) is 0 Å². The highest BCUT2D eigenvalue weighted by molar-refractivity contribution is 7.89. The van der Waals surface area contributed by atoms with Crippen LogP contribution in [-0.2, 0) is 24.8 Å². The number of carbonyl (C=O) groups is 1. The highest BCUT2D eigenvalue weighted by Crippen LogP contribution is 2.25.